The molecule has 0 aromatic carbocycles. The van der Waals surface area contributed by atoms with E-state index in [1.54, 1.807) is 0 Å². The molecule has 1 saturated heterocycles. The predicted octanol–water partition coefficient (Wildman–Crippen LogP) is -0.661. The number of nitrogens with zero attached hydrogens (tertiary/aromatic N) is 2. The Morgan fingerprint density at radius 3 is 2.45 bits per heavy atom. The van der Waals surface area contributed by atoms with Gasteiger partial charge in [0.15, 0.2) is 0 Å². The standard InChI is InChI=1S/C7H13N2O.Y/c1-8-3-4-9(2)7(5-8)6-10;/h7H,3-5H2,1-2H3;/q-1;. The maximum absolute atomic E-state index is 10.3. The van der Waals surface area contributed by atoms with Crippen LogP contribution >= 0.6 is 0 Å². The maximum atomic E-state index is 10.3. The number of piperazine rings is 1. The van der Waals surface area contributed by atoms with Crippen molar-refractivity contribution in [1.29, 1.82) is 0 Å². The second-order valence-electron chi connectivity index (χ2n) is 2.88. The number of likely N-dealkylation sites (N-methyl/N-ethyl adjacent to an activating group) is 2. The van der Waals surface area contributed by atoms with Gasteiger partial charge < -0.3 is 14.6 Å². The molecule has 0 N–H and O–H groups in total. The summed E-state index contributed by atoms with van der Waals surface area (Å²) in [5.74, 6) is 0. The summed E-state index contributed by atoms with van der Waals surface area (Å²) in [6.07, 6.45) is 2.02. The Morgan fingerprint density at radius 2 is 2.00 bits per heavy atom. The zero-order chi connectivity index (χ0) is 7.56. The molecule has 1 heterocycles. The van der Waals surface area contributed by atoms with Gasteiger partial charge in [-0.15, -0.1) is 0 Å². The van der Waals surface area contributed by atoms with Crippen LogP contribution in [0.25, 0.3) is 0 Å². The van der Waals surface area contributed by atoms with E-state index in [1.807, 2.05) is 25.3 Å². The van der Waals surface area contributed by atoms with E-state index in [9.17, 15) is 4.79 Å². The summed E-state index contributed by atoms with van der Waals surface area (Å²) in [7, 11) is 3.99. The van der Waals surface area contributed by atoms with Crippen molar-refractivity contribution in [3.05, 3.63) is 0 Å². The molecule has 1 aliphatic rings. The Balaban J connectivity index is 0.000001000. The van der Waals surface area contributed by atoms with E-state index in [-0.39, 0.29) is 38.8 Å². The van der Waals surface area contributed by atoms with Gasteiger partial charge in [-0.05, 0) is 20.6 Å². The molecule has 61 valence electrons. The zero-order valence-electron chi connectivity index (χ0n) is 7.08. The molecule has 1 fully saturated rings. The Hall–Kier alpha value is 0.694. The summed E-state index contributed by atoms with van der Waals surface area (Å²) in [6, 6.07) is -0.0150. The van der Waals surface area contributed by atoms with E-state index >= 15 is 0 Å². The summed E-state index contributed by atoms with van der Waals surface area (Å²) in [6.45, 7) is 2.84. The third kappa shape index (κ3) is 3.28. The zero-order valence-corrected chi connectivity index (χ0v) is 9.92. The van der Waals surface area contributed by atoms with Crippen molar-refractivity contribution in [2.45, 2.75) is 6.04 Å². The van der Waals surface area contributed by atoms with Crippen molar-refractivity contribution in [1.82, 2.24) is 9.80 Å². The van der Waals surface area contributed by atoms with Gasteiger partial charge in [-0.3, -0.25) is 0 Å². The van der Waals surface area contributed by atoms with Crippen LogP contribution in [0.1, 0.15) is 0 Å². The molecule has 0 spiro atoms. The molecule has 11 heavy (non-hydrogen) atoms. The van der Waals surface area contributed by atoms with Crippen LogP contribution in [0.5, 0.6) is 0 Å². The summed E-state index contributed by atoms with van der Waals surface area (Å²) < 4.78 is 0. The summed E-state index contributed by atoms with van der Waals surface area (Å²) in [4.78, 5) is 14.5. The van der Waals surface area contributed by atoms with E-state index < -0.39 is 0 Å². The fraction of sp³-hybridized carbons (Fsp3) is 0.857. The third-order valence-corrected chi connectivity index (χ3v) is 1.99. The Labute approximate surface area is 93.0 Å². The Morgan fingerprint density at radius 1 is 1.36 bits per heavy atom. The minimum Gasteiger partial charge on any atom is -0.540 e. The molecule has 1 aliphatic heterocycles. The largest absolute Gasteiger partial charge is 0.540 e. The van der Waals surface area contributed by atoms with Crippen molar-refractivity contribution >= 4 is 6.29 Å². The van der Waals surface area contributed by atoms with Crippen LogP contribution in [0.15, 0.2) is 0 Å². The van der Waals surface area contributed by atoms with Crippen molar-refractivity contribution in [3.63, 3.8) is 0 Å². The molecule has 4 heteroatoms. The van der Waals surface area contributed by atoms with Gasteiger partial charge in [-0.25, -0.2) is 6.29 Å². The van der Waals surface area contributed by atoms with E-state index in [0.717, 1.165) is 19.6 Å². The SMILES string of the molecule is CN1CCN(C)C([C-]=O)C1.[Y]. The van der Waals surface area contributed by atoms with Crippen LogP contribution in [0.3, 0.4) is 0 Å². The fourth-order valence-corrected chi connectivity index (χ4v) is 1.14. The quantitative estimate of drug-likeness (QED) is 0.559. The summed E-state index contributed by atoms with van der Waals surface area (Å²) >= 11 is 0. The van der Waals surface area contributed by atoms with Gasteiger partial charge in [0.2, 0.25) is 0 Å². The van der Waals surface area contributed by atoms with Crippen molar-refractivity contribution < 1.29 is 37.5 Å². The molecule has 1 unspecified atom stereocenters. The summed E-state index contributed by atoms with van der Waals surface area (Å²) in [5, 5.41) is 0. The van der Waals surface area contributed by atoms with Gasteiger partial charge in [-0.1, -0.05) is 6.04 Å². The van der Waals surface area contributed by atoms with Crippen molar-refractivity contribution in [2.24, 2.45) is 0 Å². The first-order valence-corrected chi connectivity index (χ1v) is 3.50. The second-order valence-corrected chi connectivity index (χ2v) is 2.88. The van der Waals surface area contributed by atoms with Gasteiger partial charge in [0, 0.05) is 45.8 Å². The van der Waals surface area contributed by atoms with Gasteiger partial charge in [0.1, 0.15) is 0 Å². The van der Waals surface area contributed by atoms with Crippen molar-refractivity contribution in [2.75, 3.05) is 33.7 Å². The van der Waals surface area contributed by atoms with Crippen LogP contribution in [0, 0.1) is 0 Å². The van der Waals surface area contributed by atoms with Crippen LogP contribution in [-0.2, 0) is 37.5 Å². The number of hydrogen-bond donors (Lipinski definition) is 0. The fourth-order valence-electron chi connectivity index (χ4n) is 1.14. The Bertz CT molecular complexity index is 132. The average Bonchev–Trinajstić information content (AvgIpc) is 1.94. The van der Waals surface area contributed by atoms with E-state index in [0.29, 0.717) is 0 Å². The number of hydrogen-bond acceptors (Lipinski definition) is 3. The molecule has 0 saturated carbocycles. The van der Waals surface area contributed by atoms with Gasteiger partial charge in [-0.2, -0.15) is 0 Å². The number of rotatable bonds is 1. The minimum absolute atomic E-state index is 0. The van der Waals surface area contributed by atoms with Crippen LogP contribution in [-0.4, -0.2) is 55.9 Å². The van der Waals surface area contributed by atoms with Gasteiger partial charge in [0.25, 0.3) is 0 Å². The molecular formula is C7H13N2OY-. The normalized spacial score (nSPS) is 27.6. The van der Waals surface area contributed by atoms with Crippen LogP contribution < -0.4 is 0 Å². The molecule has 1 atom stereocenters. The monoisotopic (exact) mass is 230 g/mol. The molecule has 1 rings (SSSR count). The average molecular weight is 230 g/mol. The van der Waals surface area contributed by atoms with E-state index in [2.05, 4.69) is 4.90 Å². The first-order chi connectivity index (χ1) is 4.74. The molecule has 0 aromatic rings. The van der Waals surface area contributed by atoms with Crippen LogP contribution in [0.4, 0.5) is 0 Å². The van der Waals surface area contributed by atoms with Crippen molar-refractivity contribution in [3.8, 4) is 0 Å². The molecule has 0 amide bonds. The topological polar surface area (TPSA) is 23.6 Å². The molecule has 1 radical (unpaired) electrons. The molecule has 0 aliphatic carbocycles. The van der Waals surface area contributed by atoms with E-state index in [1.165, 1.54) is 0 Å². The predicted molar refractivity (Wildman–Crippen MR) is 39.6 cm³/mol. The Kier molecular flexibility index (Phi) is 5.70. The van der Waals surface area contributed by atoms with Crippen LogP contribution in [0.2, 0.25) is 0 Å². The maximum Gasteiger partial charge on any atom is 0.0105 e. The first-order valence-electron chi connectivity index (χ1n) is 3.50. The molecule has 0 aromatic heterocycles. The first kappa shape index (κ1) is 11.7. The minimum atomic E-state index is -0.0150. The smallest absolute Gasteiger partial charge is 0.0105 e. The molecule has 3 nitrogen and oxygen atoms in total. The van der Waals surface area contributed by atoms with E-state index in [4.69, 9.17) is 0 Å². The summed E-state index contributed by atoms with van der Waals surface area (Å²) in [5.41, 5.74) is 0. The molecular weight excluding hydrogens is 217 g/mol. The number of carbonyl (C=O) groups excluding carboxylic acids is 1. The molecule has 0 bridgehead atoms. The van der Waals surface area contributed by atoms with Gasteiger partial charge >= 0.3 is 0 Å². The van der Waals surface area contributed by atoms with Gasteiger partial charge in [0.05, 0.1) is 0 Å². The second kappa shape index (κ2) is 5.36. The third-order valence-electron chi connectivity index (χ3n) is 1.99.